The van der Waals surface area contributed by atoms with E-state index in [1.54, 1.807) is 30.3 Å². The molecule has 2 heterocycles. The lowest BCUT2D eigenvalue weighted by Crippen LogP contribution is -2.14. The number of rotatable bonds is 7. The highest BCUT2D eigenvalue weighted by Gasteiger charge is 2.36. The Hall–Kier alpha value is -3.68. The summed E-state index contributed by atoms with van der Waals surface area (Å²) in [6.07, 6.45) is -3.90. The fourth-order valence-electron chi connectivity index (χ4n) is 3.58. The van der Waals surface area contributed by atoms with Gasteiger partial charge in [0.25, 0.3) is 0 Å². The van der Waals surface area contributed by atoms with Crippen LogP contribution in [0.1, 0.15) is 23.1 Å². The lowest BCUT2D eigenvalue weighted by atomic mass is 10.0. The van der Waals surface area contributed by atoms with E-state index in [0.29, 0.717) is 12.0 Å². The Morgan fingerprint density at radius 1 is 1.06 bits per heavy atom. The lowest BCUT2D eigenvalue weighted by molar-refractivity contribution is -0.136. The summed E-state index contributed by atoms with van der Waals surface area (Å²) in [5.74, 6) is -0.484. The molecule has 0 atom stereocenters. The average molecular weight is 453 g/mol. The minimum absolute atomic E-state index is 0.0331. The van der Waals surface area contributed by atoms with Crippen LogP contribution in [0.25, 0.3) is 22.3 Å². The maximum Gasteiger partial charge on any atom is 0.417 e. The van der Waals surface area contributed by atoms with Crippen LogP contribution >= 0.6 is 0 Å². The summed E-state index contributed by atoms with van der Waals surface area (Å²) >= 11 is 0. The lowest BCUT2D eigenvalue weighted by Gasteiger charge is -2.12. The third-order valence-electron chi connectivity index (χ3n) is 5.32. The molecule has 0 N–H and O–H groups in total. The summed E-state index contributed by atoms with van der Waals surface area (Å²) in [4.78, 5) is 16.5. The summed E-state index contributed by atoms with van der Waals surface area (Å²) in [5, 5.41) is 4.17. The van der Waals surface area contributed by atoms with Crippen LogP contribution in [-0.2, 0) is 24.4 Å². The van der Waals surface area contributed by atoms with Crippen molar-refractivity contribution in [2.24, 2.45) is 7.05 Å². The number of ketones is 1. The Kier molecular flexibility index (Phi) is 6.18. The number of hydrogen-bond acceptors (Lipinski definition) is 4. The Morgan fingerprint density at radius 3 is 2.42 bits per heavy atom. The van der Waals surface area contributed by atoms with Gasteiger partial charge in [-0.25, -0.2) is 4.68 Å². The number of nitrogens with zero attached hydrogens (tertiary/aromatic N) is 3. The molecule has 0 spiro atoms. The van der Waals surface area contributed by atoms with Gasteiger partial charge < -0.3 is 4.74 Å². The fourth-order valence-corrected chi connectivity index (χ4v) is 3.58. The van der Waals surface area contributed by atoms with E-state index in [9.17, 15) is 18.0 Å². The molecule has 0 fully saturated rings. The number of carbonyl (C=O) groups excluding carboxylic acids is 1. The van der Waals surface area contributed by atoms with Gasteiger partial charge in [-0.15, -0.1) is 0 Å². The van der Waals surface area contributed by atoms with Gasteiger partial charge in [0.15, 0.2) is 11.4 Å². The number of pyridine rings is 1. The number of halogens is 3. The second-order valence-electron chi connectivity index (χ2n) is 7.86. The molecule has 170 valence electrons. The Morgan fingerprint density at radius 2 is 1.76 bits per heavy atom. The van der Waals surface area contributed by atoms with Crippen LogP contribution in [0.2, 0.25) is 0 Å². The minimum atomic E-state index is -4.65. The van der Waals surface area contributed by atoms with Crippen LogP contribution in [0.4, 0.5) is 13.2 Å². The number of benzene rings is 2. The van der Waals surface area contributed by atoms with E-state index in [1.807, 2.05) is 31.2 Å². The summed E-state index contributed by atoms with van der Waals surface area (Å²) in [5.41, 5.74) is 2.01. The number of aryl methyl sites for hydroxylation is 3. The van der Waals surface area contributed by atoms with Gasteiger partial charge in [0.1, 0.15) is 12.3 Å². The van der Waals surface area contributed by atoms with Crippen LogP contribution in [0.3, 0.4) is 0 Å². The van der Waals surface area contributed by atoms with Gasteiger partial charge >= 0.3 is 6.18 Å². The number of Topliss-reactive ketones (excluding diaryl/α,β-unsaturated/α-hetero) is 1. The van der Waals surface area contributed by atoms with Crippen molar-refractivity contribution in [2.75, 3.05) is 6.61 Å². The first-order valence-electron chi connectivity index (χ1n) is 10.4. The molecule has 4 rings (SSSR count). The maximum atomic E-state index is 14.0. The average Bonchev–Trinajstić information content (AvgIpc) is 3.13. The van der Waals surface area contributed by atoms with Crippen molar-refractivity contribution >= 4 is 16.8 Å². The van der Waals surface area contributed by atoms with E-state index < -0.39 is 11.7 Å². The van der Waals surface area contributed by atoms with Gasteiger partial charge in [-0.2, -0.15) is 23.3 Å². The van der Waals surface area contributed by atoms with Gasteiger partial charge in [-0.3, -0.25) is 4.79 Å². The van der Waals surface area contributed by atoms with E-state index in [-0.39, 0.29) is 41.4 Å². The molecule has 0 aliphatic heterocycles. The van der Waals surface area contributed by atoms with Crippen LogP contribution in [0.15, 0.2) is 60.7 Å². The highest BCUT2D eigenvalue weighted by molar-refractivity contribution is 5.94. The summed E-state index contributed by atoms with van der Waals surface area (Å²) < 4.78 is 48.5. The first-order valence-corrected chi connectivity index (χ1v) is 10.4. The van der Waals surface area contributed by atoms with E-state index in [1.165, 1.54) is 11.7 Å². The quantitative estimate of drug-likeness (QED) is 0.369. The number of fused-ring (bicyclic) bond motifs is 1. The summed E-state index contributed by atoms with van der Waals surface area (Å²) in [7, 11) is 1.53. The second kappa shape index (κ2) is 9.05. The zero-order valence-electron chi connectivity index (χ0n) is 18.2. The third kappa shape index (κ3) is 5.05. The first kappa shape index (κ1) is 22.5. The molecule has 0 unspecified atom stereocenters. The molecule has 0 saturated carbocycles. The molecule has 2 aromatic heterocycles. The van der Waals surface area contributed by atoms with E-state index in [4.69, 9.17) is 4.74 Å². The highest BCUT2D eigenvalue weighted by atomic mass is 19.4. The summed E-state index contributed by atoms with van der Waals surface area (Å²) in [6, 6.07) is 17.3. The molecule has 2 aromatic carbocycles. The SMILES string of the molecule is Cc1ccc(CCC(=O)COc2cc(C(F)(F)F)c3c(-c4ccccc4)nn(C)c3n2)cc1. The van der Waals surface area contributed by atoms with Crippen molar-refractivity contribution in [3.05, 3.63) is 77.4 Å². The van der Waals surface area contributed by atoms with E-state index in [2.05, 4.69) is 10.1 Å². The molecular formula is C25H22F3N3O2. The van der Waals surface area contributed by atoms with Gasteiger partial charge in [0, 0.05) is 25.1 Å². The largest absolute Gasteiger partial charge is 0.470 e. The molecule has 8 heteroatoms. The van der Waals surface area contributed by atoms with E-state index >= 15 is 0 Å². The topological polar surface area (TPSA) is 57.0 Å². The maximum absolute atomic E-state index is 14.0. The number of hydrogen-bond donors (Lipinski definition) is 0. The second-order valence-corrected chi connectivity index (χ2v) is 7.86. The molecule has 5 nitrogen and oxygen atoms in total. The molecule has 0 aliphatic carbocycles. The van der Waals surface area contributed by atoms with Crippen LogP contribution < -0.4 is 4.74 Å². The molecule has 0 aliphatic rings. The van der Waals surface area contributed by atoms with Crippen molar-refractivity contribution in [1.82, 2.24) is 14.8 Å². The molecular weight excluding hydrogens is 431 g/mol. The zero-order valence-corrected chi connectivity index (χ0v) is 18.2. The number of carbonyl (C=O) groups is 1. The standard InChI is InChI=1S/C25H22F3N3O2/c1-16-8-10-17(11-9-16)12-13-19(32)15-33-21-14-20(25(26,27)28)22-23(18-6-4-3-5-7-18)30-31(2)24(22)29-21/h3-11,14H,12-13,15H2,1-2H3. The normalized spacial score (nSPS) is 11.7. The van der Waals surface area contributed by atoms with Gasteiger partial charge in [0.2, 0.25) is 5.88 Å². The molecule has 0 radical (unpaired) electrons. The predicted molar refractivity (Wildman–Crippen MR) is 119 cm³/mol. The fraction of sp³-hybridized carbons (Fsp3) is 0.240. The summed E-state index contributed by atoms with van der Waals surface area (Å²) in [6.45, 7) is 1.62. The Balaban J connectivity index is 1.58. The molecule has 0 saturated heterocycles. The van der Waals surface area contributed by atoms with Crippen molar-refractivity contribution in [3.8, 4) is 17.1 Å². The monoisotopic (exact) mass is 453 g/mol. The molecule has 0 bridgehead atoms. The third-order valence-corrected chi connectivity index (χ3v) is 5.32. The van der Waals surface area contributed by atoms with Crippen molar-refractivity contribution in [1.29, 1.82) is 0 Å². The van der Waals surface area contributed by atoms with Crippen molar-refractivity contribution < 1.29 is 22.7 Å². The zero-order chi connectivity index (χ0) is 23.6. The van der Waals surface area contributed by atoms with E-state index in [0.717, 1.165) is 17.2 Å². The van der Waals surface area contributed by atoms with Crippen LogP contribution in [-0.4, -0.2) is 27.2 Å². The van der Waals surface area contributed by atoms with Gasteiger partial charge in [0.05, 0.1) is 10.9 Å². The smallest absolute Gasteiger partial charge is 0.417 e. The van der Waals surface area contributed by atoms with Crippen molar-refractivity contribution in [2.45, 2.75) is 25.9 Å². The molecule has 4 aromatic rings. The highest BCUT2D eigenvalue weighted by Crippen LogP contribution is 2.40. The Bertz CT molecular complexity index is 1280. The molecule has 0 amide bonds. The van der Waals surface area contributed by atoms with Gasteiger partial charge in [-0.05, 0) is 18.9 Å². The van der Waals surface area contributed by atoms with Crippen molar-refractivity contribution in [3.63, 3.8) is 0 Å². The molecule has 33 heavy (non-hydrogen) atoms. The van der Waals surface area contributed by atoms with Gasteiger partial charge in [-0.1, -0.05) is 60.2 Å². The van der Waals surface area contributed by atoms with Crippen LogP contribution in [0.5, 0.6) is 5.88 Å². The van der Waals surface area contributed by atoms with Crippen LogP contribution in [0, 0.1) is 6.92 Å². The number of alkyl halides is 3. The predicted octanol–water partition coefficient (Wildman–Crippen LogP) is 5.54. The Labute approximate surface area is 188 Å². The minimum Gasteiger partial charge on any atom is -0.470 e. The first-order chi connectivity index (χ1) is 15.7. The number of aromatic nitrogens is 3. The number of ether oxygens (including phenoxy) is 1.